The van der Waals surface area contributed by atoms with Crippen LogP contribution in [0.15, 0.2) is 12.1 Å². The molecule has 0 spiro atoms. The van der Waals surface area contributed by atoms with Crippen molar-refractivity contribution in [3.8, 4) is 17.6 Å². The lowest BCUT2D eigenvalue weighted by molar-refractivity contribution is -0.149. The average Bonchev–Trinajstić information content (AvgIpc) is 2.46. The molecule has 0 bridgehead atoms. The maximum absolute atomic E-state index is 13.9. The molecular formula is C13H15FN2O4. The molecule has 0 aromatic heterocycles. The molecule has 0 aliphatic heterocycles. The van der Waals surface area contributed by atoms with Gasteiger partial charge in [0.25, 0.3) is 0 Å². The predicted molar refractivity (Wildman–Crippen MR) is 67.8 cm³/mol. The molecule has 0 aliphatic rings. The highest BCUT2D eigenvalue weighted by atomic mass is 19.1. The molecule has 0 radical (unpaired) electrons. The first-order valence-electron chi connectivity index (χ1n) is 5.83. The predicted octanol–water partition coefficient (Wildman–Crippen LogP) is 1.17. The van der Waals surface area contributed by atoms with Crippen LogP contribution in [0.3, 0.4) is 0 Å². The molecule has 1 unspecified atom stereocenters. The normalized spacial score (nSPS) is 13.2. The highest BCUT2D eigenvalue weighted by Crippen LogP contribution is 2.36. The maximum Gasteiger partial charge on any atom is 0.342 e. The Morgan fingerprint density at radius 2 is 2.25 bits per heavy atom. The van der Waals surface area contributed by atoms with Gasteiger partial charge in [-0.05, 0) is 13.0 Å². The minimum atomic E-state index is -2.15. The zero-order chi connectivity index (χ0) is 15.3. The Morgan fingerprint density at radius 3 is 2.75 bits per heavy atom. The molecule has 6 nitrogen and oxygen atoms in total. The number of phenolic OH excluding ortho intramolecular Hbond substituents is 1. The van der Waals surface area contributed by atoms with Crippen LogP contribution in [-0.4, -0.2) is 31.0 Å². The highest BCUT2D eigenvalue weighted by Gasteiger charge is 2.30. The van der Waals surface area contributed by atoms with Crippen molar-refractivity contribution in [2.45, 2.75) is 19.1 Å². The molecule has 1 rings (SSSR count). The molecule has 7 heteroatoms. The van der Waals surface area contributed by atoms with Crippen LogP contribution in [0.5, 0.6) is 11.5 Å². The number of methoxy groups -OCH3 is 1. The minimum absolute atomic E-state index is 0.0134. The first kappa shape index (κ1) is 15.7. The number of hydrogen-bond acceptors (Lipinski definition) is 6. The van der Waals surface area contributed by atoms with Crippen molar-refractivity contribution in [2.75, 3.05) is 13.7 Å². The summed E-state index contributed by atoms with van der Waals surface area (Å²) in [6.07, 6.45) is -2.15. The lowest BCUT2D eigenvalue weighted by Gasteiger charge is -2.18. The number of esters is 1. The minimum Gasteiger partial charge on any atom is -0.504 e. The number of ether oxygens (including phenoxy) is 2. The zero-order valence-corrected chi connectivity index (χ0v) is 11.1. The van der Waals surface area contributed by atoms with Crippen molar-refractivity contribution < 1.29 is 23.8 Å². The van der Waals surface area contributed by atoms with Crippen LogP contribution >= 0.6 is 0 Å². The summed E-state index contributed by atoms with van der Waals surface area (Å²) >= 11 is 0. The summed E-state index contributed by atoms with van der Waals surface area (Å²) < 4.78 is 23.3. The maximum atomic E-state index is 13.9. The number of nitriles is 1. The van der Waals surface area contributed by atoms with Crippen LogP contribution in [0.25, 0.3) is 0 Å². The topological polar surface area (TPSA) is 106 Å². The molecule has 0 saturated heterocycles. The highest BCUT2D eigenvalue weighted by molar-refractivity contribution is 5.76. The first-order chi connectivity index (χ1) is 9.46. The second kappa shape index (κ2) is 6.73. The molecular weight excluding hydrogens is 267 g/mol. The molecule has 3 N–H and O–H groups in total. The van der Waals surface area contributed by atoms with Gasteiger partial charge in [0.05, 0.1) is 31.4 Å². The lowest BCUT2D eigenvalue weighted by Crippen LogP contribution is -2.31. The summed E-state index contributed by atoms with van der Waals surface area (Å²) in [4.78, 5) is 11.3. The summed E-state index contributed by atoms with van der Waals surface area (Å²) in [5.74, 6) is -1.56. The molecule has 0 aliphatic carbocycles. The van der Waals surface area contributed by atoms with E-state index in [1.807, 2.05) is 6.07 Å². The smallest absolute Gasteiger partial charge is 0.342 e. The third kappa shape index (κ3) is 3.16. The third-order valence-electron chi connectivity index (χ3n) is 2.64. The summed E-state index contributed by atoms with van der Waals surface area (Å²) in [6.45, 7) is 1.55. The second-order valence-electron chi connectivity index (χ2n) is 3.91. The van der Waals surface area contributed by atoms with E-state index in [-0.39, 0.29) is 23.5 Å². The SMILES string of the molecule is CCOC(=O)C(F)[C@@H](N)c1cc(C#N)cc(OC)c1O. The van der Waals surface area contributed by atoms with Gasteiger partial charge in [-0.3, -0.25) is 0 Å². The molecule has 0 saturated carbocycles. The second-order valence-corrected chi connectivity index (χ2v) is 3.91. The van der Waals surface area contributed by atoms with Gasteiger partial charge in [0.15, 0.2) is 11.5 Å². The van der Waals surface area contributed by atoms with Crippen molar-refractivity contribution in [3.05, 3.63) is 23.3 Å². The number of nitrogens with zero attached hydrogens (tertiary/aromatic N) is 1. The van der Waals surface area contributed by atoms with Gasteiger partial charge in [-0.1, -0.05) is 0 Å². The van der Waals surface area contributed by atoms with E-state index in [1.54, 1.807) is 0 Å². The van der Waals surface area contributed by atoms with Gasteiger partial charge in [0.1, 0.15) is 0 Å². The van der Waals surface area contributed by atoms with Crippen molar-refractivity contribution >= 4 is 5.97 Å². The van der Waals surface area contributed by atoms with E-state index in [0.717, 1.165) is 0 Å². The third-order valence-corrected chi connectivity index (χ3v) is 2.64. The molecule has 0 heterocycles. The van der Waals surface area contributed by atoms with Crippen LogP contribution in [0.4, 0.5) is 4.39 Å². The Bertz CT molecular complexity index is 542. The van der Waals surface area contributed by atoms with Gasteiger partial charge in [0, 0.05) is 11.6 Å². The molecule has 20 heavy (non-hydrogen) atoms. The van der Waals surface area contributed by atoms with E-state index >= 15 is 0 Å². The van der Waals surface area contributed by atoms with Crippen molar-refractivity contribution in [1.29, 1.82) is 5.26 Å². The first-order valence-corrected chi connectivity index (χ1v) is 5.83. The Morgan fingerprint density at radius 1 is 1.60 bits per heavy atom. The number of aromatic hydroxyl groups is 1. The number of carbonyl (C=O) groups excluding carboxylic acids is 1. The van der Waals surface area contributed by atoms with E-state index in [2.05, 4.69) is 4.74 Å². The number of carbonyl (C=O) groups is 1. The van der Waals surface area contributed by atoms with E-state index < -0.39 is 23.9 Å². The van der Waals surface area contributed by atoms with Crippen LogP contribution < -0.4 is 10.5 Å². The molecule has 0 fully saturated rings. The summed E-state index contributed by atoms with van der Waals surface area (Å²) in [6, 6.07) is 2.85. The quantitative estimate of drug-likeness (QED) is 0.785. The molecule has 1 aromatic rings. The standard InChI is InChI=1S/C13H15FN2O4/c1-3-20-13(18)10(14)11(16)8-4-7(6-15)5-9(19-2)12(8)17/h4-5,10-11,17H,3,16H2,1-2H3/t10?,11-/m0/s1. The van der Waals surface area contributed by atoms with Gasteiger partial charge in [-0.25, -0.2) is 9.18 Å². The van der Waals surface area contributed by atoms with Gasteiger partial charge in [-0.15, -0.1) is 0 Å². The van der Waals surface area contributed by atoms with Crippen LogP contribution in [0, 0.1) is 11.3 Å². The average molecular weight is 282 g/mol. The number of rotatable bonds is 5. The van der Waals surface area contributed by atoms with Crippen LogP contribution in [0.2, 0.25) is 0 Å². The molecule has 2 atom stereocenters. The fourth-order valence-electron chi connectivity index (χ4n) is 1.63. The van der Waals surface area contributed by atoms with Gasteiger partial charge in [0.2, 0.25) is 6.17 Å². The number of nitrogens with two attached hydrogens (primary N) is 1. The summed E-state index contributed by atoms with van der Waals surface area (Å²) in [7, 11) is 1.28. The molecule has 0 amide bonds. The monoisotopic (exact) mass is 282 g/mol. The molecule has 1 aromatic carbocycles. The zero-order valence-electron chi connectivity index (χ0n) is 11.1. The summed E-state index contributed by atoms with van der Waals surface area (Å²) in [5, 5.41) is 18.8. The largest absolute Gasteiger partial charge is 0.504 e. The Kier molecular flexibility index (Phi) is 5.29. The van der Waals surface area contributed by atoms with Crippen molar-refractivity contribution in [2.24, 2.45) is 5.73 Å². The number of alkyl halides is 1. The fraction of sp³-hybridized carbons (Fsp3) is 0.385. The van der Waals surface area contributed by atoms with Gasteiger partial charge in [-0.2, -0.15) is 5.26 Å². The Labute approximate surface area is 115 Å². The van der Waals surface area contributed by atoms with E-state index in [4.69, 9.17) is 15.7 Å². The van der Waals surface area contributed by atoms with Crippen molar-refractivity contribution in [3.63, 3.8) is 0 Å². The fourth-order valence-corrected chi connectivity index (χ4v) is 1.63. The number of halogens is 1. The number of benzene rings is 1. The van der Waals surface area contributed by atoms with Gasteiger partial charge >= 0.3 is 5.97 Å². The van der Waals surface area contributed by atoms with E-state index in [9.17, 15) is 14.3 Å². The lowest BCUT2D eigenvalue weighted by atomic mass is 9.99. The van der Waals surface area contributed by atoms with Crippen molar-refractivity contribution in [1.82, 2.24) is 0 Å². The van der Waals surface area contributed by atoms with Crippen LogP contribution in [-0.2, 0) is 9.53 Å². The Hall–Kier alpha value is -2.33. The summed E-state index contributed by atoms with van der Waals surface area (Å²) in [5.41, 5.74) is 5.65. The number of phenols is 1. The molecule has 108 valence electrons. The number of hydrogen-bond donors (Lipinski definition) is 2. The van der Waals surface area contributed by atoms with Gasteiger partial charge < -0.3 is 20.3 Å². The van der Waals surface area contributed by atoms with E-state index in [0.29, 0.717) is 0 Å². The Balaban J connectivity index is 3.18. The van der Waals surface area contributed by atoms with E-state index in [1.165, 1.54) is 26.2 Å². The van der Waals surface area contributed by atoms with Crippen LogP contribution in [0.1, 0.15) is 24.1 Å².